The molecule has 0 bridgehead atoms. The second kappa shape index (κ2) is 6.92. The molecular formula is C16H21NO4. The van der Waals surface area contributed by atoms with Crippen LogP contribution in [0.1, 0.15) is 33.3 Å². The molecule has 1 aromatic rings. The van der Waals surface area contributed by atoms with Crippen molar-refractivity contribution in [1.82, 2.24) is 5.32 Å². The summed E-state index contributed by atoms with van der Waals surface area (Å²) in [5.74, 6) is 0.198. The first-order valence-electron chi connectivity index (χ1n) is 6.61. The fourth-order valence-electron chi connectivity index (χ4n) is 1.38. The molecule has 5 nitrogen and oxygen atoms in total. The van der Waals surface area contributed by atoms with Gasteiger partial charge < -0.3 is 14.8 Å². The predicted octanol–water partition coefficient (Wildman–Crippen LogP) is 3.19. The molecule has 0 spiro atoms. The molecule has 114 valence electrons. The monoisotopic (exact) mass is 291 g/mol. The van der Waals surface area contributed by atoms with Gasteiger partial charge in [-0.25, -0.2) is 4.79 Å². The summed E-state index contributed by atoms with van der Waals surface area (Å²) >= 11 is 0. The van der Waals surface area contributed by atoms with Gasteiger partial charge in [0, 0.05) is 12.1 Å². The Morgan fingerprint density at radius 2 is 1.76 bits per heavy atom. The van der Waals surface area contributed by atoms with Crippen molar-refractivity contribution in [3.63, 3.8) is 0 Å². The van der Waals surface area contributed by atoms with Crippen LogP contribution in [0.15, 0.2) is 36.4 Å². The Kier molecular flexibility index (Phi) is 5.52. The number of benzene rings is 1. The molecule has 0 aliphatic carbocycles. The van der Waals surface area contributed by atoms with Crippen LogP contribution < -0.4 is 10.1 Å². The van der Waals surface area contributed by atoms with Crippen LogP contribution in [-0.4, -0.2) is 17.7 Å². The highest BCUT2D eigenvalue weighted by Gasteiger charge is 2.17. The normalized spacial score (nSPS) is 10.7. The molecule has 0 radical (unpaired) electrons. The van der Waals surface area contributed by atoms with Crippen LogP contribution in [-0.2, 0) is 16.1 Å². The molecule has 0 saturated heterocycles. The van der Waals surface area contributed by atoms with Gasteiger partial charge in [-0.3, -0.25) is 4.79 Å². The number of amides is 1. The van der Waals surface area contributed by atoms with Crippen LogP contribution in [0.4, 0.5) is 4.79 Å². The van der Waals surface area contributed by atoms with E-state index in [1.807, 2.05) is 0 Å². The summed E-state index contributed by atoms with van der Waals surface area (Å²) in [5.41, 5.74) is 0.755. The summed E-state index contributed by atoms with van der Waals surface area (Å²) in [6.07, 6.45) is -0.745. The summed E-state index contributed by atoms with van der Waals surface area (Å²) in [6.45, 7) is 10.9. The first-order valence-corrected chi connectivity index (χ1v) is 6.61. The maximum atomic E-state index is 11.5. The topological polar surface area (TPSA) is 64.6 Å². The molecule has 21 heavy (non-hydrogen) atoms. The summed E-state index contributed by atoms with van der Waals surface area (Å²) in [6, 6.07) is 6.81. The van der Waals surface area contributed by atoms with E-state index in [1.54, 1.807) is 52.0 Å². The number of ether oxygens (including phenoxy) is 2. The Bertz CT molecular complexity index is 526. The largest absolute Gasteiger partial charge is 0.514 e. The van der Waals surface area contributed by atoms with Crippen molar-refractivity contribution in [3.8, 4) is 5.75 Å². The maximum absolute atomic E-state index is 11.5. The minimum atomic E-state index is -0.745. The van der Waals surface area contributed by atoms with Gasteiger partial charge in [-0.1, -0.05) is 18.7 Å². The van der Waals surface area contributed by atoms with E-state index in [0.29, 0.717) is 17.9 Å². The highest BCUT2D eigenvalue weighted by atomic mass is 16.7. The van der Waals surface area contributed by atoms with Crippen molar-refractivity contribution in [2.45, 2.75) is 39.8 Å². The smallest absolute Gasteiger partial charge is 0.428 e. The van der Waals surface area contributed by atoms with E-state index in [0.717, 1.165) is 5.56 Å². The average molecular weight is 291 g/mol. The van der Waals surface area contributed by atoms with Crippen LogP contribution in [0.2, 0.25) is 0 Å². The van der Waals surface area contributed by atoms with Crippen LogP contribution in [0.25, 0.3) is 0 Å². The Balaban J connectivity index is 2.52. The fraction of sp³-hybridized carbons (Fsp3) is 0.375. The molecule has 1 rings (SSSR count). The molecule has 0 aliphatic rings. The Morgan fingerprint density at radius 3 is 2.24 bits per heavy atom. The lowest BCUT2D eigenvalue weighted by molar-refractivity contribution is -0.117. The van der Waals surface area contributed by atoms with Gasteiger partial charge in [0.05, 0.1) is 0 Å². The average Bonchev–Trinajstić information content (AvgIpc) is 2.35. The van der Waals surface area contributed by atoms with Crippen LogP contribution in [0, 0.1) is 0 Å². The minimum absolute atomic E-state index is 0.191. The third-order valence-corrected chi connectivity index (χ3v) is 2.35. The number of hydrogen-bond acceptors (Lipinski definition) is 4. The zero-order valence-electron chi connectivity index (χ0n) is 12.9. The molecule has 1 N–H and O–H groups in total. The zero-order chi connectivity index (χ0) is 16.0. The molecule has 0 unspecified atom stereocenters. The lowest BCUT2D eigenvalue weighted by Gasteiger charge is -2.18. The Morgan fingerprint density at radius 1 is 1.19 bits per heavy atom. The van der Waals surface area contributed by atoms with Crippen LogP contribution in [0.3, 0.4) is 0 Å². The van der Waals surface area contributed by atoms with Crippen molar-refractivity contribution in [3.05, 3.63) is 42.0 Å². The van der Waals surface area contributed by atoms with Gasteiger partial charge in [0.15, 0.2) is 0 Å². The van der Waals surface area contributed by atoms with Gasteiger partial charge in [0.1, 0.15) is 11.4 Å². The molecule has 1 amide bonds. The standard InChI is InChI=1S/C16H21NO4/c1-11(2)14(18)17-10-12-6-8-13(9-7-12)20-15(19)21-16(3,4)5/h6-9H,1,10H2,2-5H3,(H,17,18). The molecule has 0 saturated carbocycles. The molecule has 1 aromatic carbocycles. The summed E-state index contributed by atoms with van der Waals surface area (Å²) in [5, 5.41) is 2.72. The van der Waals surface area contributed by atoms with E-state index < -0.39 is 11.8 Å². The lowest BCUT2D eigenvalue weighted by Crippen LogP contribution is -2.26. The number of carbonyl (C=O) groups excluding carboxylic acids is 2. The predicted molar refractivity (Wildman–Crippen MR) is 80.0 cm³/mol. The molecule has 0 fully saturated rings. The highest BCUT2D eigenvalue weighted by molar-refractivity contribution is 5.91. The summed E-state index contributed by atoms with van der Waals surface area (Å²) in [4.78, 5) is 22.9. The molecular weight excluding hydrogens is 270 g/mol. The lowest BCUT2D eigenvalue weighted by atomic mass is 10.2. The first-order chi connectivity index (χ1) is 9.67. The highest BCUT2D eigenvalue weighted by Crippen LogP contribution is 2.15. The second-order valence-corrected chi connectivity index (χ2v) is 5.67. The van der Waals surface area contributed by atoms with Gasteiger partial charge in [0.2, 0.25) is 5.91 Å². The minimum Gasteiger partial charge on any atom is -0.428 e. The van der Waals surface area contributed by atoms with Crippen LogP contribution >= 0.6 is 0 Å². The molecule has 0 aromatic heterocycles. The number of nitrogens with one attached hydrogen (secondary N) is 1. The van der Waals surface area contributed by atoms with Crippen molar-refractivity contribution in [2.75, 3.05) is 0 Å². The Hall–Kier alpha value is -2.30. The van der Waals surface area contributed by atoms with E-state index in [-0.39, 0.29) is 5.91 Å². The second-order valence-electron chi connectivity index (χ2n) is 5.67. The molecule has 0 atom stereocenters. The van der Waals surface area contributed by atoms with E-state index in [9.17, 15) is 9.59 Å². The first kappa shape index (κ1) is 16.8. The molecule has 5 heteroatoms. The number of carbonyl (C=O) groups is 2. The maximum Gasteiger partial charge on any atom is 0.514 e. The SMILES string of the molecule is C=C(C)C(=O)NCc1ccc(OC(=O)OC(C)(C)C)cc1. The van der Waals surface area contributed by atoms with Crippen LogP contribution in [0.5, 0.6) is 5.75 Å². The fourth-order valence-corrected chi connectivity index (χ4v) is 1.38. The Labute approximate surface area is 124 Å². The van der Waals surface area contributed by atoms with Crippen molar-refractivity contribution in [1.29, 1.82) is 0 Å². The van der Waals surface area contributed by atoms with Crippen molar-refractivity contribution < 1.29 is 19.1 Å². The summed E-state index contributed by atoms with van der Waals surface area (Å²) < 4.78 is 10.1. The van der Waals surface area contributed by atoms with E-state index in [1.165, 1.54) is 0 Å². The summed E-state index contributed by atoms with van der Waals surface area (Å²) in [7, 11) is 0. The van der Waals surface area contributed by atoms with Gasteiger partial charge in [-0.2, -0.15) is 0 Å². The number of hydrogen-bond donors (Lipinski definition) is 1. The van der Waals surface area contributed by atoms with Gasteiger partial charge in [0.25, 0.3) is 0 Å². The van der Waals surface area contributed by atoms with Gasteiger partial charge in [-0.05, 0) is 45.4 Å². The van der Waals surface area contributed by atoms with Gasteiger partial charge >= 0.3 is 6.16 Å². The van der Waals surface area contributed by atoms with Crippen molar-refractivity contribution in [2.24, 2.45) is 0 Å². The van der Waals surface area contributed by atoms with E-state index >= 15 is 0 Å². The zero-order valence-corrected chi connectivity index (χ0v) is 12.9. The number of rotatable bonds is 4. The molecule has 0 aliphatic heterocycles. The van der Waals surface area contributed by atoms with Gasteiger partial charge in [-0.15, -0.1) is 0 Å². The third kappa shape index (κ3) is 6.61. The van der Waals surface area contributed by atoms with Crippen molar-refractivity contribution >= 4 is 12.1 Å². The molecule has 0 heterocycles. The van der Waals surface area contributed by atoms with E-state index in [2.05, 4.69) is 11.9 Å². The third-order valence-electron chi connectivity index (χ3n) is 2.35. The van der Waals surface area contributed by atoms with E-state index in [4.69, 9.17) is 9.47 Å². The quantitative estimate of drug-likeness (QED) is 0.525.